The second-order valence-corrected chi connectivity index (χ2v) is 5.22. The highest BCUT2D eigenvalue weighted by atomic mass is 79.9. The first kappa shape index (κ1) is 14.6. The van der Waals surface area contributed by atoms with E-state index in [1.54, 1.807) is 6.20 Å². The van der Waals surface area contributed by atoms with Crippen LogP contribution >= 0.6 is 15.9 Å². The Kier molecular flexibility index (Phi) is 4.79. The zero-order valence-electron chi connectivity index (χ0n) is 11.4. The summed E-state index contributed by atoms with van der Waals surface area (Å²) < 4.78 is 6.25. The zero-order chi connectivity index (χ0) is 14.5. The van der Waals surface area contributed by atoms with Crippen LogP contribution in [0.3, 0.4) is 0 Å². The fourth-order valence-electron chi connectivity index (χ4n) is 1.65. The molecule has 0 aliphatic heterocycles. The fourth-order valence-corrected chi connectivity index (χ4v) is 2.00. The predicted molar refractivity (Wildman–Crippen MR) is 80.6 cm³/mol. The van der Waals surface area contributed by atoms with Gasteiger partial charge in [0.15, 0.2) is 0 Å². The van der Waals surface area contributed by atoms with Crippen molar-refractivity contribution in [2.75, 3.05) is 5.32 Å². The number of aromatic nitrogens is 1. The average Bonchev–Trinajstić information content (AvgIpc) is 2.89. The molecule has 0 atom stereocenters. The molecule has 0 spiro atoms. The molecule has 6 heteroatoms. The minimum Gasteiger partial charge on any atom is -0.444 e. The van der Waals surface area contributed by atoms with Gasteiger partial charge in [-0.05, 0) is 40.5 Å². The van der Waals surface area contributed by atoms with Crippen LogP contribution < -0.4 is 10.6 Å². The number of nitrogens with one attached hydrogen (secondary N) is 2. The van der Waals surface area contributed by atoms with Crippen molar-refractivity contribution < 1.29 is 9.21 Å². The third kappa shape index (κ3) is 3.84. The summed E-state index contributed by atoms with van der Waals surface area (Å²) in [5.41, 5.74) is 1.80. The van der Waals surface area contributed by atoms with Crippen LogP contribution in [0.2, 0.25) is 0 Å². The number of nitrogens with zero attached hydrogens (tertiary/aromatic N) is 1. The molecule has 20 heavy (non-hydrogen) atoms. The Morgan fingerprint density at radius 2 is 2.25 bits per heavy atom. The molecule has 0 aliphatic rings. The Hall–Kier alpha value is -1.82. The Morgan fingerprint density at radius 3 is 2.95 bits per heavy atom. The summed E-state index contributed by atoms with van der Waals surface area (Å²) >= 11 is 3.39. The molecule has 0 saturated heterocycles. The quantitative estimate of drug-likeness (QED) is 0.895. The van der Waals surface area contributed by atoms with Crippen molar-refractivity contribution in [3.63, 3.8) is 0 Å². The van der Waals surface area contributed by atoms with Crippen molar-refractivity contribution in [3.05, 3.63) is 46.1 Å². The van der Waals surface area contributed by atoms with Crippen molar-refractivity contribution in [1.82, 2.24) is 10.3 Å². The number of halogens is 1. The van der Waals surface area contributed by atoms with Crippen LogP contribution in [-0.2, 0) is 13.0 Å². The number of aryl methyl sites for hydroxylation is 2. The molecule has 2 aromatic rings. The molecule has 2 rings (SSSR count). The molecule has 1 aromatic heterocycles. The second-order valence-electron chi connectivity index (χ2n) is 4.36. The molecule has 1 aromatic carbocycles. The standard InChI is InChI=1S/C14H16BrN3O2/c1-3-10-7-16-13(20-10)8-17-14(19)18-12-6-9(2)4-5-11(12)15/h4-7H,3,8H2,1-2H3,(H2,17,18,19). The van der Waals surface area contributed by atoms with E-state index < -0.39 is 0 Å². The van der Waals surface area contributed by atoms with Gasteiger partial charge in [0, 0.05) is 10.9 Å². The molecule has 106 valence electrons. The molecular weight excluding hydrogens is 322 g/mol. The van der Waals surface area contributed by atoms with E-state index in [0.717, 1.165) is 27.9 Å². The van der Waals surface area contributed by atoms with Gasteiger partial charge in [0.05, 0.1) is 18.4 Å². The highest BCUT2D eigenvalue weighted by Crippen LogP contribution is 2.23. The number of hydrogen-bond acceptors (Lipinski definition) is 3. The van der Waals surface area contributed by atoms with E-state index in [1.165, 1.54) is 0 Å². The van der Waals surface area contributed by atoms with Crippen molar-refractivity contribution in [1.29, 1.82) is 0 Å². The average molecular weight is 338 g/mol. The van der Waals surface area contributed by atoms with E-state index in [-0.39, 0.29) is 12.6 Å². The van der Waals surface area contributed by atoms with Crippen molar-refractivity contribution >= 4 is 27.6 Å². The van der Waals surface area contributed by atoms with Crippen LogP contribution in [0.4, 0.5) is 10.5 Å². The van der Waals surface area contributed by atoms with Gasteiger partial charge in [-0.2, -0.15) is 0 Å². The SMILES string of the molecule is CCc1cnc(CNC(=O)Nc2cc(C)ccc2Br)o1. The largest absolute Gasteiger partial charge is 0.444 e. The van der Waals surface area contributed by atoms with E-state index in [9.17, 15) is 4.79 Å². The lowest BCUT2D eigenvalue weighted by Gasteiger charge is -2.08. The summed E-state index contributed by atoms with van der Waals surface area (Å²) in [6.45, 7) is 4.21. The van der Waals surface area contributed by atoms with Crippen molar-refractivity contribution in [3.8, 4) is 0 Å². The topological polar surface area (TPSA) is 67.2 Å². The number of amides is 2. The van der Waals surface area contributed by atoms with E-state index in [4.69, 9.17) is 4.42 Å². The van der Waals surface area contributed by atoms with Gasteiger partial charge in [0.25, 0.3) is 0 Å². The van der Waals surface area contributed by atoms with Crippen molar-refractivity contribution in [2.45, 2.75) is 26.8 Å². The van der Waals surface area contributed by atoms with Gasteiger partial charge in [-0.3, -0.25) is 0 Å². The maximum Gasteiger partial charge on any atom is 0.319 e. The third-order valence-corrected chi connectivity index (χ3v) is 3.41. The van der Waals surface area contributed by atoms with E-state index in [0.29, 0.717) is 5.89 Å². The first-order chi connectivity index (χ1) is 9.58. The molecule has 0 fully saturated rings. The molecular formula is C14H16BrN3O2. The first-order valence-corrected chi connectivity index (χ1v) is 7.12. The minimum atomic E-state index is -0.299. The Bertz CT molecular complexity index is 610. The number of oxazole rings is 1. The Morgan fingerprint density at radius 1 is 1.45 bits per heavy atom. The molecule has 1 heterocycles. The lowest BCUT2D eigenvalue weighted by molar-refractivity contribution is 0.250. The van der Waals surface area contributed by atoms with Gasteiger partial charge < -0.3 is 15.1 Å². The molecule has 0 unspecified atom stereocenters. The Labute approximate surface area is 125 Å². The number of benzene rings is 1. The van der Waals surface area contributed by atoms with Gasteiger partial charge in [-0.25, -0.2) is 9.78 Å². The van der Waals surface area contributed by atoms with Crippen LogP contribution in [0.1, 0.15) is 24.1 Å². The van der Waals surface area contributed by atoms with Gasteiger partial charge in [0.2, 0.25) is 5.89 Å². The smallest absolute Gasteiger partial charge is 0.319 e. The van der Waals surface area contributed by atoms with E-state index in [1.807, 2.05) is 32.0 Å². The van der Waals surface area contributed by atoms with Gasteiger partial charge in [-0.15, -0.1) is 0 Å². The summed E-state index contributed by atoms with van der Waals surface area (Å²) in [5.74, 6) is 1.31. The zero-order valence-corrected chi connectivity index (χ0v) is 13.0. The van der Waals surface area contributed by atoms with E-state index in [2.05, 4.69) is 31.5 Å². The summed E-state index contributed by atoms with van der Waals surface area (Å²) in [5, 5.41) is 5.48. The highest BCUT2D eigenvalue weighted by Gasteiger charge is 2.07. The molecule has 2 amide bonds. The van der Waals surface area contributed by atoms with E-state index >= 15 is 0 Å². The number of urea groups is 1. The number of carbonyl (C=O) groups is 1. The summed E-state index contributed by atoms with van der Waals surface area (Å²) in [6.07, 6.45) is 2.46. The van der Waals surface area contributed by atoms with Crippen LogP contribution in [0, 0.1) is 6.92 Å². The summed E-state index contributed by atoms with van der Waals surface area (Å²) in [6, 6.07) is 5.45. The normalized spacial score (nSPS) is 10.3. The molecule has 2 N–H and O–H groups in total. The molecule has 5 nitrogen and oxygen atoms in total. The number of hydrogen-bond donors (Lipinski definition) is 2. The summed E-state index contributed by atoms with van der Waals surface area (Å²) in [7, 11) is 0. The molecule has 0 bridgehead atoms. The van der Waals surface area contributed by atoms with Crippen LogP contribution in [-0.4, -0.2) is 11.0 Å². The van der Waals surface area contributed by atoms with Crippen LogP contribution in [0.25, 0.3) is 0 Å². The van der Waals surface area contributed by atoms with Gasteiger partial charge in [-0.1, -0.05) is 13.0 Å². The minimum absolute atomic E-state index is 0.259. The monoisotopic (exact) mass is 337 g/mol. The highest BCUT2D eigenvalue weighted by molar-refractivity contribution is 9.10. The third-order valence-electron chi connectivity index (χ3n) is 2.72. The van der Waals surface area contributed by atoms with Crippen LogP contribution in [0.15, 0.2) is 33.3 Å². The lowest BCUT2D eigenvalue weighted by Crippen LogP contribution is -2.28. The molecule has 0 saturated carbocycles. The predicted octanol–water partition coefficient (Wildman–Crippen LogP) is 3.63. The molecule has 0 radical (unpaired) electrons. The van der Waals surface area contributed by atoms with Gasteiger partial charge >= 0.3 is 6.03 Å². The van der Waals surface area contributed by atoms with Crippen LogP contribution in [0.5, 0.6) is 0 Å². The van der Waals surface area contributed by atoms with Gasteiger partial charge in [0.1, 0.15) is 5.76 Å². The Balaban J connectivity index is 1.90. The number of carbonyl (C=O) groups excluding carboxylic acids is 1. The first-order valence-electron chi connectivity index (χ1n) is 6.33. The summed E-state index contributed by atoms with van der Waals surface area (Å²) in [4.78, 5) is 15.9. The fraction of sp³-hybridized carbons (Fsp3) is 0.286. The number of rotatable bonds is 4. The lowest BCUT2D eigenvalue weighted by atomic mass is 10.2. The molecule has 0 aliphatic carbocycles. The maximum atomic E-state index is 11.8. The second kappa shape index (κ2) is 6.56. The van der Waals surface area contributed by atoms with Crippen molar-refractivity contribution in [2.24, 2.45) is 0 Å². The number of anilines is 1. The maximum absolute atomic E-state index is 11.8.